The van der Waals surface area contributed by atoms with Crippen molar-refractivity contribution in [2.45, 2.75) is 51.0 Å². The number of nitrogens with two attached hydrogens (primary N) is 1. The molecule has 0 spiro atoms. The summed E-state index contributed by atoms with van der Waals surface area (Å²) in [7, 11) is 1.46. The molecule has 20 heavy (non-hydrogen) atoms. The standard InChI is InChI=1S/C15H22ClNO2S/c1-19-14(18)10-15(7-3-2-4-8-15)9-11(17)12-5-6-13(16)20-12/h5-6,11H,2-4,7-10,17H2,1H3. The second-order valence-electron chi connectivity index (χ2n) is 5.77. The van der Waals surface area contributed by atoms with Crippen LogP contribution in [0.2, 0.25) is 4.34 Å². The fourth-order valence-corrected chi connectivity index (χ4v) is 4.29. The molecule has 1 aliphatic rings. The highest BCUT2D eigenvalue weighted by atomic mass is 35.5. The molecular weight excluding hydrogens is 294 g/mol. The van der Waals surface area contributed by atoms with E-state index in [2.05, 4.69) is 0 Å². The highest BCUT2D eigenvalue weighted by molar-refractivity contribution is 7.16. The molecule has 0 saturated heterocycles. The third-order valence-corrected chi connectivity index (χ3v) is 5.64. The largest absolute Gasteiger partial charge is 0.469 e. The molecule has 1 fully saturated rings. The number of carbonyl (C=O) groups is 1. The monoisotopic (exact) mass is 315 g/mol. The third-order valence-electron chi connectivity index (χ3n) is 4.27. The number of esters is 1. The highest BCUT2D eigenvalue weighted by Crippen LogP contribution is 2.46. The van der Waals surface area contributed by atoms with E-state index in [-0.39, 0.29) is 17.4 Å². The summed E-state index contributed by atoms with van der Waals surface area (Å²) in [6, 6.07) is 3.83. The van der Waals surface area contributed by atoms with Crippen LogP contribution >= 0.6 is 22.9 Å². The first kappa shape index (κ1) is 15.8. The molecule has 2 rings (SSSR count). The molecule has 3 nitrogen and oxygen atoms in total. The summed E-state index contributed by atoms with van der Waals surface area (Å²) < 4.78 is 5.64. The Kier molecular flexibility index (Phi) is 5.47. The Morgan fingerprint density at radius 2 is 2.15 bits per heavy atom. The Morgan fingerprint density at radius 3 is 2.70 bits per heavy atom. The molecule has 2 N–H and O–H groups in total. The van der Waals surface area contributed by atoms with E-state index in [1.807, 2.05) is 12.1 Å². The van der Waals surface area contributed by atoms with Crippen LogP contribution in [-0.2, 0) is 9.53 Å². The van der Waals surface area contributed by atoms with Crippen LogP contribution in [0.1, 0.15) is 55.9 Å². The predicted molar refractivity (Wildman–Crippen MR) is 83.0 cm³/mol. The van der Waals surface area contributed by atoms with E-state index in [9.17, 15) is 4.79 Å². The van der Waals surface area contributed by atoms with Gasteiger partial charge in [0.25, 0.3) is 0 Å². The van der Waals surface area contributed by atoms with Gasteiger partial charge in [-0.25, -0.2) is 0 Å². The van der Waals surface area contributed by atoms with E-state index in [1.54, 1.807) is 0 Å². The van der Waals surface area contributed by atoms with Crippen molar-refractivity contribution < 1.29 is 9.53 Å². The molecule has 1 heterocycles. The van der Waals surface area contributed by atoms with Crippen LogP contribution in [0.15, 0.2) is 12.1 Å². The summed E-state index contributed by atoms with van der Waals surface area (Å²) >= 11 is 7.51. The molecule has 1 aromatic rings. The van der Waals surface area contributed by atoms with Crippen molar-refractivity contribution in [3.05, 3.63) is 21.3 Å². The predicted octanol–water partition coefficient (Wildman–Crippen LogP) is 4.31. The average Bonchev–Trinajstić information content (AvgIpc) is 2.86. The topological polar surface area (TPSA) is 52.3 Å². The van der Waals surface area contributed by atoms with Crippen molar-refractivity contribution in [2.75, 3.05) is 7.11 Å². The molecule has 1 unspecified atom stereocenters. The van der Waals surface area contributed by atoms with Crippen LogP contribution in [0.5, 0.6) is 0 Å². The van der Waals surface area contributed by atoms with Gasteiger partial charge >= 0.3 is 5.97 Å². The van der Waals surface area contributed by atoms with E-state index in [0.29, 0.717) is 6.42 Å². The maximum absolute atomic E-state index is 11.7. The Labute approximate surface area is 129 Å². The summed E-state index contributed by atoms with van der Waals surface area (Å²) in [5.41, 5.74) is 6.34. The van der Waals surface area contributed by atoms with Gasteiger partial charge in [-0.15, -0.1) is 11.3 Å². The number of halogens is 1. The Bertz CT molecular complexity index is 454. The van der Waals surface area contributed by atoms with E-state index in [4.69, 9.17) is 22.1 Å². The number of rotatable bonds is 5. The van der Waals surface area contributed by atoms with Gasteiger partial charge in [0.2, 0.25) is 0 Å². The maximum atomic E-state index is 11.7. The zero-order valence-electron chi connectivity index (χ0n) is 11.9. The third kappa shape index (κ3) is 3.96. The van der Waals surface area contributed by atoms with Crippen LogP contribution in [0, 0.1) is 5.41 Å². The van der Waals surface area contributed by atoms with Crippen molar-refractivity contribution in [3.8, 4) is 0 Å². The van der Waals surface area contributed by atoms with Crippen molar-refractivity contribution in [1.82, 2.24) is 0 Å². The highest BCUT2D eigenvalue weighted by Gasteiger charge is 2.36. The quantitative estimate of drug-likeness (QED) is 0.824. The Morgan fingerprint density at radius 1 is 1.45 bits per heavy atom. The zero-order valence-corrected chi connectivity index (χ0v) is 13.4. The summed E-state index contributed by atoms with van der Waals surface area (Å²) in [6.45, 7) is 0. The van der Waals surface area contributed by atoms with E-state index < -0.39 is 0 Å². The van der Waals surface area contributed by atoms with Crippen LogP contribution in [0.4, 0.5) is 0 Å². The van der Waals surface area contributed by atoms with Crippen molar-refractivity contribution in [1.29, 1.82) is 0 Å². The molecule has 1 aliphatic carbocycles. The van der Waals surface area contributed by atoms with Gasteiger partial charge in [-0.1, -0.05) is 30.9 Å². The summed E-state index contributed by atoms with van der Waals surface area (Å²) in [6.07, 6.45) is 7.05. The summed E-state index contributed by atoms with van der Waals surface area (Å²) in [5, 5.41) is 0. The molecule has 0 aliphatic heterocycles. The summed E-state index contributed by atoms with van der Waals surface area (Å²) in [5.74, 6) is -0.122. The molecule has 0 radical (unpaired) electrons. The first-order valence-electron chi connectivity index (χ1n) is 7.12. The molecular formula is C15H22ClNO2S. The van der Waals surface area contributed by atoms with Gasteiger partial charge in [0.1, 0.15) is 0 Å². The van der Waals surface area contributed by atoms with Gasteiger partial charge in [-0.2, -0.15) is 0 Å². The fraction of sp³-hybridized carbons (Fsp3) is 0.667. The van der Waals surface area contributed by atoms with E-state index >= 15 is 0 Å². The zero-order chi connectivity index (χ0) is 14.6. The van der Waals surface area contributed by atoms with Crippen LogP contribution in [0.25, 0.3) is 0 Å². The molecule has 112 valence electrons. The molecule has 0 amide bonds. The number of hydrogen-bond donors (Lipinski definition) is 1. The van der Waals surface area contributed by atoms with Gasteiger partial charge in [0, 0.05) is 10.9 Å². The lowest BCUT2D eigenvalue weighted by atomic mass is 9.68. The number of ether oxygens (including phenoxy) is 1. The SMILES string of the molecule is COC(=O)CC1(CC(N)c2ccc(Cl)s2)CCCCC1. The van der Waals surface area contributed by atoms with Crippen molar-refractivity contribution in [3.63, 3.8) is 0 Å². The van der Waals surface area contributed by atoms with Gasteiger partial charge in [-0.05, 0) is 36.8 Å². The fourth-order valence-electron chi connectivity index (χ4n) is 3.23. The molecule has 0 bridgehead atoms. The molecule has 5 heteroatoms. The number of thiophene rings is 1. The summed E-state index contributed by atoms with van der Waals surface area (Å²) in [4.78, 5) is 12.8. The van der Waals surface area contributed by atoms with Gasteiger partial charge < -0.3 is 10.5 Å². The molecule has 1 aromatic heterocycles. The minimum atomic E-state index is -0.122. The Balaban J connectivity index is 2.08. The lowest BCUT2D eigenvalue weighted by molar-refractivity contribution is -0.144. The number of methoxy groups -OCH3 is 1. The maximum Gasteiger partial charge on any atom is 0.306 e. The normalized spacial score (nSPS) is 19.6. The van der Waals surface area contributed by atoms with Crippen LogP contribution in [-0.4, -0.2) is 13.1 Å². The van der Waals surface area contributed by atoms with Gasteiger partial charge in [0.15, 0.2) is 0 Å². The van der Waals surface area contributed by atoms with Gasteiger partial charge in [0.05, 0.1) is 17.9 Å². The smallest absolute Gasteiger partial charge is 0.306 e. The number of hydrogen-bond acceptors (Lipinski definition) is 4. The van der Waals surface area contributed by atoms with Crippen molar-refractivity contribution >= 4 is 28.9 Å². The van der Waals surface area contributed by atoms with Crippen LogP contribution < -0.4 is 5.73 Å². The van der Waals surface area contributed by atoms with Crippen molar-refractivity contribution in [2.24, 2.45) is 11.1 Å². The van der Waals surface area contributed by atoms with E-state index in [0.717, 1.165) is 28.5 Å². The van der Waals surface area contributed by atoms with Crippen LogP contribution in [0.3, 0.4) is 0 Å². The van der Waals surface area contributed by atoms with E-state index in [1.165, 1.54) is 37.7 Å². The lowest BCUT2D eigenvalue weighted by Gasteiger charge is -2.38. The first-order chi connectivity index (χ1) is 9.54. The lowest BCUT2D eigenvalue weighted by Crippen LogP contribution is -2.31. The molecule has 0 aromatic carbocycles. The average molecular weight is 316 g/mol. The Hall–Kier alpha value is -0.580. The number of carbonyl (C=O) groups excluding carboxylic acids is 1. The second kappa shape index (κ2) is 6.92. The van der Waals surface area contributed by atoms with Gasteiger partial charge in [-0.3, -0.25) is 4.79 Å². The minimum absolute atomic E-state index is 0.00122. The molecule has 1 atom stereocenters. The first-order valence-corrected chi connectivity index (χ1v) is 8.32. The second-order valence-corrected chi connectivity index (χ2v) is 7.51. The minimum Gasteiger partial charge on any atom is -0.469 e. The molecule has 1 saturated carbocycles.